The van der Waals surface area contributed by atoms with E-state index in [1.165, 1.54) is 11.8 Å². The molecule has 3 aromatic carbocycles. The van der Waals surface area contributed by atoms with Gasteiger partial charge in [-0.25, -0.2) is 0 Å². The van der Waals surface area contributed by atoms with Crippen LogP contribution >= 0.6 is 11.8 Å². The van der Waals surface area contributed by atoms with Crippen LogP contribution in [0.3, 0.4) is 0 Å². The van der Waals surface area contributed by atoms with E-state index < -0.39 is 0 Å². The molecule has 29 heavy (non-hydrogen) atoms. The van der Waals surface area contributed by atoms with Crippen LogP contribution in [0.25, 0.3) is 23.1 Å². The highest BCUT2D eigenvalue weighted by Gasteiger charge is 2.07. The second-order valence-corrected chi connectivity index (χ2v) is 7.55. The molecule has 1 N–H and O–H groups in total. The summed E-state index contributed by atoms with van der Waals surface area (Å²) >= 11 is 1.50. The van der Waals surface area contributed by atoms with E-state index >= 15 is 0 Å². The van der Waals surface area contributed by atoms with E-state index in [0.717, 1.165) is 32.6 Å². The monoisotopic (exact) mass is 396 g/mol. The van der Waals surface area contributed by atoms with Crippen molar-refractivity contribution in [1.82, 2.24) is 4.98 Å². The number of aromatic nitrogens is 1. The van der Waals surface area contributed by atoms with E-state index in [0.29, 0.717) is 5.75 Å². The van der Waals surface area contributed by atoms with E-state index in [9.17, 15) is 4.79 Å². The molecule has 4 rings (SSSR count). The fourth-order valence-electron chi connectivity index (χ4n) is 2.97. The first kappa shape index (κ1) is 19.0. The Labute approximate surface area is 174 Å². The van der Waals surface area contributed by atoms with E-state index in [4.69, 9.17) is 0 Å². The van der Waals surface area contributed by atoms with Crippen molar-refractivity contribution in [2.24, 2.45) is 0 Å². The van der Waals surface area contributed by atoms with Crippen molar-refractivity contribution < 1.29 is 4.79 Å². The Hall–Kier alpha value is -3.37. The predicted octanol–water partition coefficient (Wildman–Crippen LogP) is 6.14. The Bertz CT molecular complexity index is 1130. The number of pyridine rings is 1. The van der Waals surface area contributed by atoms with Gasteiger partial charge in [0.25, 0.3) is 0 Å². The minimum atomic E-state index is -0.0319. The van der Waals surface area contributed by atoms with E-state index in [1.807, 2.05) is 72.8 Å². The molecule has 0 unspecified atom stereocenters. The second-order valence-electron chi connectivity index (χ2n) is 6.53. The Morgan fingerprint density at radius 1 is 0.828 bits per heavy atom. The molecule has 3 nitrogen and oxygen atoms in total. The first-order valence-corrected chi connectivity index (χ1v) is 10.4. The highest BCUT2D eigenvalue weighted by molar-refractivity contribution is 8.00. The van der Waals surface area contributed by atoms with Gasteiger partial charge in [0.15, 0.2) is 0 Å². The molecule has 4 aromatic rings. The number of para-hydroxylation sites is 1. The molecule has 0 aliphatic carbocycles. The maximum Gasteiger partial charge on any atom is 0.234 e. The number of fused-ring (bicyclic) bond motifs is 1. The molecular formula is C25H20N2OS. The molecule has 0 saturated carbocycles. The molecule has 142 valence electrons. The number of thioether (sulfide) groups is 1. The Morgan fingerprint density at radius 2 is 1.55 bits per heavy atom. The van der Waals surface area contributed by atoms with Gasteiger partial charge < -0.3 is 5.32 Å². The summed E-state index contributed by atoms with van der Waals surface area (Å²) < 4.78 is 0. The van der Waals surface area contributed by atoms with Gasteiger partial charge in [0, 0.05) is 22.2 Å². The van der Waals surface area contributed by atoms with Gasteiger partial charge in [-0.05, 0) is 35.4 Å². The third-order valence-electron chi connectivity index (χ3n) is 4.42. The highest BCUT2D eigenvalue weighted by atomic mass is 32.2. The average molecular weight is 397 g/mol. The Kier molecular flexibility index (Phi) is 6.03. The summed E-state index contributed by atoms with van der Waals surface area (Å²) in [5.74, 6) is 0.307. The number of carbonyl (C=O) groups is 1. The molecule has 4 heteroatoms. The zero-order valence-corrected chi connectivity index (χ0v) is 16.6. The molecule has 1 amide bonds. The van der Waals surface area contributed by atoms with Crippen molar-refractivity contribution in [2.75, 3.05) is 11.1 Å². The van der Waals surface area contributed by atoms with Gasteiger partial charge in [0.05, 0.1) is 11.3 Å². The van der Waals surface area contributed by atoms with Crippen LogP contribution in [0.5, 0.6) is 0 Å². The molecule has 1 heterocycles. The standard InChI is InChI=1S/C25H20N2OS/c28-24(18-29-23-10-4-8-21-9-5-17-26-25(21)23)27-22-15-13-20(14-16-22)12-11-19-6-2-1-3-7-19/h1-17H,18H2,(H,27,28)/b12-11+. The fraction of sp³-hybridized carbons (Fsp3) is 0.0400. The Balaban J connectivity index is 1.34. The third-order valence-corrected chi connectivity index (χ3v) is 5.46. The highest BCUT2D eigenvalue weighted by Crippen LogP contribution is 2.26. The van der Waals surface area contributed by atoms with Crippen molar-refractivity contribution in [2.45, 2.75) is 4.90 Å². The number of benzene rings is 3. The van der Waals surface area contributed by atoms with Crippen molar-refractivity contribution >= 4 is 46.4 Å². The van der Waals surface area contributed by atoms with Gasteiger partial charge in [-0.15, -0.1) is 11.8 Å². The number of nitrogens with zero attached hydrogens (tertiary/aromatic N) is 1. The summed E-state index contributed by atoms with van der Waals surface area (Å²) in [6, 6.07) is 28.0. The number of amides is 1. The molecular weight excluding hydrogens is 376 g/mol. The number of anilines is 1. The minimum absolute atomic E-state index is 0.0319. The topological polar surface area (TPSA) is 42.0 Å². The number of hydrogen-bond acceptors (Lipinski definition) is 3. The predicted molar refractivity (Wildman–Crippen MR) is 123 cm³/mol. The normalized spacial score (nSPS) is 11.0. The van der Waals surface area contributed by atoms with E-state index in [2.05, 4.69) is 34.6 Å². The fourth-order valence-corrected chi connectivity index (χ4v) is 3.81. The minimum Gasteiger partial charge on any atom is -0.325 e. The van der Waals surface area contributed by atoms with Crippen LogP contribution in [-0.4, -0.2) is 16.6 Å². The lowest BCUT2D eigenvalue weighted by Gasteiger charge is -2.07. The average Bonchev–Trinajstić information content (AvgIpc) is 2.78. The maximum absolute atomic E-state index is 12.4. The van der Waals surface area contributed by atoms with Crippen LogP contribution < -0.4 is 5.32 Å². The third kappa shape index (κ3) is 5.12. The lowest BCUT2D eigenvalue weighted by molar-refractivity contribution is -0.113. The van der Waals surface area contributed by atoms with E-state index in [1.54, 1.807) is 6.20 Å². The summed E-state index contributed by atoms with van der Waals surface area (Å²) in [5, 5.41) is 4.04. The first-order chi connectivity index (χ1) is 14.3. The largest absolute Gasteiger partial charge is 0.325 e. The molecule has 0 bridgehead atoms. The lowest BCUT2D eigenvalue weighted by atomic mass is 10.1. The molecule has 0 fully saturated rings. The van der Waals surface area contributed by atoms with Crippen LogP contribution in [0.4, 0.5) is 5.69 Å². The van der Waals surface area contributed by atoms with Crippen molar-refractivity contribution in [3.8, 4) is 0 Å². The number of rotatable bonds is 6. The van der Waals surface area contributed by atoms with Crippen molar-refractivity contribution in [3.05, 3.63) is 102 Å². The van der Waals surface area contributed by atoms with Crippen LogP contribution in [0.2, 0.25) is 0 Å². The summed E-state index contributed by atoms with van der Waals surface area (Å²) in [6.07, 6.45) is 5.91. The van der Waals surface area contributed by atoms with Crippen LogP contribution in [0.1, 0.15) is 11.1 Å². The maximum atomic E-state index is 12.4. The van der Waals surface area contributed by atoms with Gasteiger partial charge in [-0.3, -0.25) is 9.78 Å². The van der Waals surface area contributed by atoms with Gasteiger partial charge in [-0.1, -0.05) is 72.8 Å². The molecule has 0 aliphatic rings. The SMILES string of the molecule is O=C(CSc1cccc2cccnc12)Nc1ccc(/C=C/c2ccccc2)cc1. The van der Waals surface area contributed by atoms with E-state index in [-0.39, 0.29) is 5.91 Å². The zero-order chi connectivity index (χ0) is 19.9. The summed E-state index contributed by atoms with van der Waals surface area (Å²) in [4.78, 5) is 17.8. The Morgan fingerprint density at radius 3 is 2.34 bits per heavy atom. The van der Waals surface area contributed by atoms with Gasteiger partial charge in [0.1, 0.15) is 0 Å². The first-order valence-electron chi connectivity index (χ1n) is 9.37. The number of nitrogens with one attached hydrogen (secondary N) is 1. The summed E-state index contributed by atoms with van der Waals surface area (Å²) in [5.41, 5.74) is 3.97. The lowest BCUT2D eigenvalue weighted by Crippen LogP contribution is -2.13. The van der Waals surface area contributed by atoms with Crippen molar-refractivity contribution in [3.63, 3.8) is 0 Å². The summed E-state index contributed by atoms with van der Waals surface area (Å²) in [6.45, 7) is 0. The van der Waals surface area contributed by atoms with Crippen LogP contribution in [0.15, 0.2) is 96.0 Å². The summed E-state index contributed by atoms with van der Waals surface area (Å²) in [7, 11) is 0. The van der Waals surface area contributed by atoms with Gasteiger partial charge in [0.2, 0.25) is 5.91 Å². The molecule has 0 spiro atoms. The second kappa shape index (κ2) is 9.22. The number of carbonyl (C=O) groups excluding carboxylic acids is 1. The number of hydrogen-bond donors (Lipinski definition) is 1. The molecule has 0 atom stereocenters. The molecule has 0 saturated heterocycles. The van der Waals surface area contributed by atoms with Gasteiger partial charge in [-0.2, -0.15) is 0 Å². The molecule has 0 aliphatic heterocycles. The van der Waals surface area contributed by atoms with Crippen molar-refractivity contribution in [1.29, 1.82) is 0 Å². The van der Waals surface area contributed by atoms with Gasteiger partial charge >= 0.3 is 0 Å². The molecule has 1 aromatic heterocycles. The van der Waals surface area contributed by atoms with Crippen LogP contribution in [-0.2, 0) is 4.79 Å². The zero-order valence-electron chi connectivity index (χ0n) is 15.8. The quantitative estimate of drug-likeness (QED) is 0.315. The molecule has 0 radical (unpaired) electrons. The smallest absolute Gasteiger partial charge is 0.234 e. The van der Waals surface area contributed by atoms with Crippen LogP contribution in [0, 0.1) is 0 Å².